The number of hydrogen-bond donors (Lipinski definition) is 2. The molecule has 1 aliphatic rings. The number of pyridine rings is 1. The first-order chi connectivity index (χ1) is 16.5. The molecule has 0 unspecified atom stereocenters. The van der Waals surface area contributed by atoms with E-state index in [1.165, 1.54) is 6.20 Å². The molecule has 0 aliphatic carbocycles. The van der Waals surface area contributed by atoms with Gasteiger partial charge in [0.05, 0.1) is 12.3 Å². The number of benzene rings is 2. The number of allylic oxidation sites excluding steroid dienone is 1. The summed E-state index contributed by atoms with van der Waals surface area (Å²) in [5, 5.41) is 4.63. The van der Waals surface area contributed by atoms with Crippen molar-refractivity contribution in [2.45, 2.75) is 25.4 Å². The van der Waals surface area contributed by atoms with Crippen LogP contribution in [0.15, 0.2) is 76.8 Å². The van der Waals surface area contributed by atoms with Crippen LogP contribution >= 0.6 is 0 Å². The fourth-order valence-electron chi connectivity index (χ4n) is 4.39. The number of carbonyl (C=O) groups excluding carboxylic acids is 1. The molecule has 0 saturated carbocycles. The van der Waals surface area contributed by atoms with Crippen LogP contribution in [0.1, 0.15) is 34.3 Å². The van der Waals surface area contributed by atoms with E-state index in [-0.39, 0.29) is 17.5 Å². The van der Waals surface area contributed by atoms with Gasteiger partial charge in [-0.1, -0.05) is 18.2 Å². The van der Waals surface area contributed by atoms with Crippen molar-refractivity contribution in [3.63, 3.8) is 0 Å². The molecular formula is C27H31N5O2. The lowest BCUT2D eigenvalue weighted by atomic mass is 10.0. The maximum absolute atomic E-state index is 13.1. The first kappa shape index (κ1) is 23.4. The summed E-state index contributed by atoms with van der Waals surface area (Å²) in [6.45, 7) is 2.38. The van der Waals surface area contributed by atoms with E-state index >= 15 is 0 Å². The number of carbonyl (C=O) groups is 1. The van der Waals surface area contributed by atoms with Gasteiger partial charge in [-0.3, -0.25) is 14.6 Å². The number of nitrogens with zero attached hydrogens (tertiary/aromatic N) is 3. The molecule has 0 atom stereocenters. The molecule has 1 amide bonds. The number of likely N-dealkylation sites (tertiary alicyclic amines) is 1. The number of aromatic nitrogens is 1. The van der Waals surface area contributed by atoms with E-state index in [4.69, 9.17) is 5.73 Å². The molecule has 1 aromatic heterocycles. The molecule has 1 fully saturated rings. The number of nitrogens with two attached hydrogens (primary N) is 1. The van der Waals surface area contributed by atoms with Crippen LogP contribution in [0.25, 0.3) is 10.8 Å². The third kappa shape index (κ3) is 5.26. The van der Waals surface area contributed by atoms with E-state index in [2.05, 4.69) is 22.3 Å². The Morgan fingerprint density at radius 2 is 1.94 bits per heavy atom. The lowest BCUT2D eigenvalue weighted by molar-refractivity contribution is 0.0916. The third-order valence-corrected chi connectivity index (χ3v) is 6.36. The van der Waals surface area contributed by atoms with Crippen LogP contribution < -0.4 is 16.6 Å². The number of hydrogen-bond acceptors (Lipinski definition) is 5. The van der Waals surface area contributed by atoms with Crippen LogP contribution in [-0.4, -0.2) is 54.3 Å². The summed E-state index contributed by atoms with van der Waals surface area (Å²) in [7, 11) is 3.81. The summed E-state index contributed by atoms with van der Waals surface area (Å²) in [6, 6.07) is 15.3. The van der Waals surface area contributed by atoms with Crippen molar-refractivity contribution >= 4 is 22.4 Å². The van der Waals surface area contributed by atoms with Gasteiger partial charge >= 0.3 is 0 Å². The maximum Gasteiger partial charge on any atom is 0.258 e. The summed E-state index contributed by atoms with van der Waals surface area (Å²) in [6.07, 6.45) is 6.90. The average Bonchev–Trinajstić information content (AvgIpc) is 2.85. The van der Waals surface area contributed by atoms with E-state index < -0.39 is 0 Å². The van der Waals surface area contributed by atoms with E-state index in [1.54, 1.807) is 23.9 Å². The minimum absolute atomic E-state index is 0.0605. The molecule has 7 heteroatoms. The average molecular weight is 458 g/mol. The molecule has 0 spiro atoms. The van der Waals surface area contributed by atoms with E-state index in [0.717, 1.165) is 48.2 Å². The van der Waals surface area contributed by atoms with Crippen LogP contribution in [0.2, 0.25) is 0 Å². The summed E-state index contributed by atoms with van der Waals surface area (Å²) < 4.78 is 1.67. The quantitative estimate of drug-likeness (QED) is 0.557. The molecule has 2 heterocycles. The van der Waals surface area contributed by atoms with Crippen molar-refractivity contribution in [3.8, 4) is 0 Å². The molecular weight excluding hydrogens is 426 g/mol. The second-order valence-corrected chi connectivity index (χ2v) is 8.77. The van der Waals surface area contributed by atoms with Crippen LogP contribution in [-0.2, 0) is 6.54 Å². The number of amides is 1. The molecule has 34 heavy (non-hydrogen) atoms. The highest BCUT2D eigenvalue weighted by Crippen LogP contribution is 2.15. The van der Waals surface area contributed by atoms with Gasteiger partial charge in [0.2, 0.25) is 0 Å². The SMILES string of the molecule is CN=C(/C=C\N)c1ccc2c(=O)n(Cc3cccc(C(=O)NC4CCN(C)CC4)c3)ccc2c1. The van der Waals surface area contributed by atoms with Crippen LogP contribution in [0, 0.1) is 0 Å². The normalized spacial score (nSPS) is 15.8. The number of nitrogens with one attached hydrogen (secondary N) is 1. The molecule has 1 aliphatic heterocycles. The van der Waals surface area contributed by atoms with Crippen LogP contribution in [0.5, 0.6) is 0 Å². The van der Waals surface area contributed by atoms with Gasteiger partial charge < -0.3 is 20.5 Å². The van der Waals surface area contributed by atoms with Gasteiger partial charge in [0, 0.05) is 35.8 Å². The zero-order chi connectivity index (χ0) is 24.1. The Morgan fingerprint density at radius 1 is 1.15 bits per heavy atom. The van der Waals surface area contributed by atoms with Gasteiger partial charge in [-0.2, -0.15) is 0 Å². The Labute approximate surface area is 199 Å². The smallest absolute Gasteiger partial charge is 0.258 e. The molecule has 3 aromatic rings. The van der Waals surface area contributed by atoms with Crippen molar-refractivity contribution < 1.29 is 4.79 Å². The highest BCUT2D eigenvalue weighted by atomic mass is 16.1. The van der Waals surface area contributed by atoms with Gasteiger partial charge in [-0.05, 0) is 86.5 Å². The Kier molecular flexibility index (Phi) is 7.23. The van der Waals surface area contributed by atoms with Gasteiger partial charge in [-0.25, -0.2) is 0 Å². The van der Waals surface area contributed by atoms with Crippen molar-refractivity contribution in [1.82, 2.24) is 14.8 Å². The topological polar surface area (TPSA) is 92.7 Å². The second-order valence-electron chi connectivity index (χ2n) is 8.77. The van der Waals surface area contributed by atoms with Crippen molar-refractivity contribution in [3.05, 3.63) is 94.0 Å². The first-order valence-corrected chi connectivity index (χ1v) is 11.6. The standard InChI is InChI=1S/C27H31N5O2/c1-29-25(8-12-28)21-6-7-24-20(17-21)9-15-32(27(24)34)18-19-4-3-5-22(16-19)26(33)30-23-10-13-31(2)14-11-23/h3-9,12,15-17,23H,10-11,13-14,18,28H2,1-2H3,(H,30,33)/b12-8-,29-25?. The molecule has 2 aromatic carbocycles. The summed E-state index contributed by atoms with van der Waals surface area (Å²) in [5.41, 5.74) is 8.62. The largest absolute Gasteiger partial charge is 0.405 e. The third-order valence-electron chi connectivity index (χ3n) is 6.36. The summed E-state index contributed by atoms with van der Waals surface area (Å²) in [5.74, 6) is -0.0605. The predicted octanol–water partition coefficient (Wildman–Crippen LogP) is 2.77. The van der Waals surface area contributed by atoms with E-state index in [1.807, 2.05) is 48.5 Å². The molecule has 3 N–H and O–H groups in total. The zero-order valence-electron chi connectivity index (χ0n) is 19.7. The fourth-order valence-corrected chi connectivity index (χ4v) is 4.39. The number of rotatable bonds is 6. The molecule has 0 radical (unpaired) electrons. The fraction of sp³-hybridized carbons (Fsp3) is 0.296. The lowest BCUT2D eigenvalue weighted by Gasteiger charge is -2.29. The Hall–Kier alpha value is -3.71. The van der Waals surface area contributed by atoms with Gasteiger partial charge in [0.1, 0.15) is 0 Å². The number of piperidine rings is 1. The zero-order valence-corrected chi connectivity index (χ0v) is 19.7. The highest BCUT2D eigenvalue weighted by molar-refractivity contribution is 6.10. The Morgan fingerprint density at radius 3 is 2.68 bits per heavy atom. The lowest BCUT2D eigenvalue weighted by Crippen LogP contribution is -2.43. The Bertz CT molecular complexity index is 1300. The van der Waals surface area contributed by atoms with Gasteiger partial charge in [0.15, 0.2) is 0 Å². The molecule has 4 rings (SSSR count). The van der Waals surface area contributed by atoms with Gasteiger partial charge in [0.25, 0.3) is 11.5 Å². The van der Waals surface area contributed by atoms with E-state index in [0.29, 0.717) is 17.5 Å². The van der Waals surface area contributed by atoms with Crippen molar-refractivity contribution in [2.24, 2.45) is 10.7 Å². The first-order valence-electron chi connectivity index (χ1n) is 11.6. The maximum atomic E-state index is 13.1. The van der Waals surface area contributed by atoms with Crippen LogP contribution in [0.3, 0.4) is 0 Å². The van der Waals surface area contributed by atoms with E-state index in [9.17, 15) is 9.59 Å². The minimum atomic E-state index is -0.0745. The van der Waals surface area contributed by atoms with Crippen molar-refractivity contribution in [1.29, 1.82) is 0 Å². The van der Waals surface area contributed by atoms with Crippen molar-refractivity contribution in [2.75, 3.05) is 27.2 Å². The molecule has 1 saturated heterocycles. The number of fused-ring (bicyclic) bond motifs is 1. The van der Waals surface area contributed by atoms with Crippen LogP contribution in [0.4, 0.5) is 0 Å². The summed E-state index contributed by atoms with van der Waals surface area (Å²) in [4.78, 5) is 32.4. The molecule has 176 valence electrons. The minimum Gasteiger partial charge on any atom is -0.405 e. The Balaban J connectivity index is 1.52. The molecule has 0 bridgehead atoms. The summed E-state index contributed by atoms with van der Waals surface area (Å²) >= 11 is 0. The highest BCUT2D eigenvalue weighted by Gasteiger charge is 2.19. The predicted molar refractivity (Wildman–Crippen MR) is 138 cm³/mol. The number of aliphatic imine (C=N–C) groups is 1. The van der Waals surface area contributed by atoms with Gasteiger partial charge in [-0.15, -0.1) is 0 Å². The monoisotopic (exact) mass is 457 g/mol. The second kappa shape index (κ2) is 10.5. The molecule has 7 nitrogen and oxygen atoms in total.